The fraction of sp³-hybridized carbons (Fsp3) is 0.556. The SMILES string of the molecule is CC1(C(=O)O)C(C(=O)O)C(C(=O)O)C1(F)C(=O)O. The smallest absolute Gasteiger partial charge is 0.343 e. The van der Waals surface area contributed by atoms with E-state index in [4.69, 9.17) is 20.4 Å². The molecule has 0 aromatic rings. The first-order valence-corrected chi connectivity index (χ1v) is 4.64. The Balaban J connectivity index is 3.48. The van der Waals surface area contributed by atoms with Gasteiger partial charge in [-0.3, -0.25) is 14.4 Å². The van der Waals surface area contributed by atoms with Gasteiger partial charge in [0.1, 0.15) is 11.3 Å². The van der Waals surface area contributed by atoms with Gasteiger partial charge in [-0.05, 0) is 6.92 Å². The van der Waals surface area contributed by atoms with E-state index in [1.807, 2.05) is 0 Å². The van der Waals surface area contributed by atoms with E-state index in [1.165, 1.54) is 0 Å². The predicted octanol–water partition coefficient (Wildman–Crippen LogP) is -0.715. The summed E-state index contributed by atoms with van der Waals surface area (Å²) in [6.45, 7) is 0.571. The van der Waals surface area contributed by atoms with Gasteiger partial charge in [0.2, 0.25) is 5.67 Å². The lowest BCUT2D eigenvalue weighted by atomic mass is 9.45. The van der Waals surface area contributed by atoms with Crippen LogP contribution in [0.15, 0.2) is 0 Å². The Morgan fingerprint density at radius 3 is 1.50 bits per heavy atom. The molecule has 0 aromatic heterocycles. The molecule has 100 valence electrons. The van der Waals surface area contributed by atoms with E-state index in [9.17, 15) is 23.6 Å². The molecular formula is C9H9FO8. The maximum absolute atomic E-state index is 14.2. The topological polar surface area (TPSA) is 149 Å². The molecule has 4 unspecified atom stereocenters. The maximum atomic E-state index is 14.2. The quantitative estimate of drug-likeness (QED) is 0.519. The van der Waals surface area contributed by atoms with Crippen molar-refractivity contribution >= 4 is 23.9 Å². The van der Waals surface area contributed by atoms with E-state index >= 15 is 0 Å². The zero-order valence-electron chi connectivity index (χ0n) is 8.95. The van der Waals surface area contributed by atoms with Crippen molar-refractivity contribution in [1.82, 2.24) is 0 Å². The highest BCUT2D eigenvalue weighted by atomic mass is 19.1. The highest BCUT2D eigenvalue weighted by molar-refractivity contribution is 6.02. The molecule has 18 heavy (non-hydrogen) atoms. The summed E-state index contributed by atoms with van der Waals surface area (Å²) >= 11 is 0. The van der Waals surface area contributed by atoms with Crippen molar-refractivity contribution < 1.29 is 44.0 Å². The molecule has 1 aliphatic rings. The van der Waals surface area contributed by atoms with Crippen molar-refractivity contribution in [2.75, 3.05) is 0 Å². The first-order chi connectivity index (χ1) is 8.02. The third-order valence-electron chi connectivity index (χ3n) is 3.43. The lowest BCUT2D eigenvalue weighted by Gasteiger charge is -2.54. The van der Waals surface area contributed by atoms with E-state index in [-0.39, 0.29) is 0 Å². The monoisotopic (exact) mass is 264 g/mol. The highest BCUT2D eigenvalue weighted by Gasteiger charge is 2.83. The summed E-state index contributed by atoms with van der Waals surface area (Å²) in [4.78, 5) is 43.4. The largest absolute Gasteiger partial charge is 0.481 e. The minimum Gasteiger partial charge on any atom is -0.481 e. The average molecular weight is 264 g/mol. The molecule has 0 aliphatic heterocycles. The average Bonchev–Trinajstić information content (AvgIpc) is 2.21. The van der Waals surface area contributed by atoms with Gasteiger partial charge in [0.05, 0.1) is 5.92 Å². The second-order valence-corrected chi connectivity index (χ2v) is 4.16. The van der Waals surface area contributed by atoms with Crippen molar-refractivity contribution in [2.45, 2.75) is 12.6 Å². The van der Waals surface area contributed by atoms with Gasteiger partial charge < -0.3 is 20.4 Å². The summed E-state index contributed by atoms with van der Waals surface area (Å²) in [6.07, 6.45) is 0. The zero-order valence-corrected chi connectivity index (χ0v) is 8.95. The van der Waals surface area contributed by atoms with Crippen LogP contribution in [-0.4, -0.2) is 50.0 Å². The van der Waals surface area contributed by atoms with Crippen molar-refractivity contribution in [1.29, 1.82) is 0 Å². The van der Waals surface area contributed by atoms with Crippen LogP contribution >= 0.6 is 0 Å². The van der Waals surface area contributed by atoms with Gasteiger partial charge in [-0.2, -0.15) is 0 Å². The van der Waals surface area contributed by atoms with E-state index in [1.54, 1.807) is 0 Å². The number of carboxylic acids is 4. The van der Waals surface area contributed by atoms with E-state index in [0.29, 0.717) is 6.92 Å². The third kappa shape index (κ3) is 1.24. The summed E-state index contributed by atoms with van der Waals surface area (Å²) in [6, 6.07) is 0. The van der Waals surface area contributed by atoms with E-state index in [2.05, 4.69) is 0 Å². The van der Waals surface area contributed by atoms with E-state index < -0.39 is 46.8 Å². The summed E-state index contributed by atoms with van der Waals surface area (Å²) in [7, 11) is 0. The Kier molecular flexibility index (Phi) is 2.81. The number of aliphatic carboxylic acids is 4. The van der Waals surface area contributed by atoms with Gasteiger partial charge >= 0.3 is 23.9 Å². The number of hydrogen-bond acceptors (Lipinski definition) is 4. The summed E-state index contributed by atoms with van der Waals surface area (Å²) in [5.41, 5.74) is -6.51. The Labute approximate surface area is 98.6 Å². The molecule has 0 aromatic carbocycles. The van der Waals surface area contributed by atoms with Gasteiger partial charge in [0.25, 0.3) is 0 Å². The van der Waals surface area contributed by atoms with Gasteiger partial charge in [0.15, 0.2) is 0 Å². The van der Waals surface area contributed by atoms with Crippen LogP contribution in [0, 0.1) is 17.3 Å². The van der Waals surface area contributed by atoms with Crippen LogP contribution in [0.25, 0.3) is 0 Å². The number of halogens is 1. The first-order valence-electron chi connectivity index (χ1n) is 4.64. The maximum Gasteiger partial charge on any atom is 0.343 e. The van der Waals surface area contributed by atoms with Crippen LogP contribution in [0.2, 0.25) is 0 Å². The molecular weight excluding hydrogens is 255 g/mol. The Hall–Kier alpha value is -2.19. The predicted molar refractivity (Wildman–Crippen MR) is 49.5 cm³/mol. The lowest BCUT2D eigenvalue weighted by molar-refractivity contribution is -0.239. The standard InChI is InChI=1S/C9H9FO8/c1-8(6(15)16)2(4(11)12)3(5(13)14)9(8,10)7(17)18/h2-3H,1H3,(H,11,12)(H,13,14)(H,15,16)(H,17,18). The number of hydrogen-bond donors (Lipinski definition) is 4. The number of carbonyl (C=O) groups is 4. The van der Waals surface area contributed by atoms with Crippen LogP contribution in [0.4, 0.5) is 4.39 Å². The molecule has 0 radical (unpaired) electrons. The first kappa shape index (κ1) is 13.9. The van der Waals surface area contributed by atoms with Crippen molar-refractivity contribution in [3.05, 3.63) is 0 Å². The molecule has 1 fully saturated rings. The minimum absolute atomic E-state index is 0.571. The molecule has 9 heteroatoms. The van der Waals surface area contributed by atoms with Crippen molar-refractivity contribution in [3.63, 3.8) is 0 Å². The molecule has 1 aliphatic carbocycles. The molecule has 1 saturated carbocycles. The molecule has 1 rings (SSSR count). The van der Waals surface area contributed by atoms with Crippen LogP contribution in [-0.2, 0) is 19.2 Å². The van der Waals surface area contributed by atoms with Gasteiger partial charge in [-0.25, -0.2) is 9.18 Å². The molecule has 0 amide bonds. The summed E-state index contributed by atoms with van der Waals surface area (Å²) in [5.74, 6) is -12.8. The van der Waals surface area contributed by atoms with Crippen LogP contribution in [0.3, 0.4) is 0 Å². The van der Waals surface area contributed by atoms with Crippen molar-refractivity contribution in [2.24, 2.45) is 17.3 Å². The second kappa shape index (κ2) is 3.65. The van der Waals surface area contributed by atoms with Crippen LogP contribution in [0.5, 0.6) is 0 Å². The minimum atomic E-state index is -3.67. The van der Waals surface area contributed by atoms with Crippen LogP contribution in [0.1, 0.15) is 6.92 Å². The molecule has 4 N–H and O–H groups in total. The highest BCUT2D eigenvalue weighted by Crippen LogP contribution is 2.61. The number of alkyl halides is 1. The molecule has 4 atom stereocenters. The molecule has 0 spiro atoms. The third-order valence-corrected chi connectivity index (χ3v) is 3.43. The molecule has 0 heterocycles. The zero-order chi connectivity index (χ0) is 14.5. The Bertz CT molecular complexity index is 417. The van der Waals surface area contributed by atoms with Gasteiger partial charge in [0, 0.05) is 0 Å². The Morgan fingerprint density at radius 1 is 0.889 bits per heavy atom. The fourth-order valence-corrected chi connectivity index (χ4v) is 2.36. The van der Waals surface area contributed by atoms with Crippen molar-refractivity contribution in [3.8, 4) is 0 Å². The fourth-order valence-electron chi connectivity index (χ4n) is 2.36. The number of carboxylic acid groups (broad SMARTS) is 4. The summed E-state index contributed by atoms with van der Waals surface area (Å²) < 4.78 is 14.2. The van der Waals surface area contributed by atoms with Crippen LogP contribution < -0.4 is 0 Å². The second-order valence-electron chi connectivity index (χ2n) is 4.16. The van der Waals surface area contributed by atoms with E-state index in [0.717, 1.165) is 0 Å². The molecule has 0 bridgehead atoms. The van der Waals surface area contributed by atoms with Gasteiger partial charge in [-0.15, -0.1) is 0 Å². The molecule has 0 saturated heterocycles. The number of rotatable bonds is 4. The Morgan fingerprint density at radius 2 is 1.28 bits per heavy atom. The lowest BCUT2D eigenvalue weighted by Crippen LogP contribution is -2.77. The molecule has 8 nitrogen and oxygen atoms in total. The van der Waals surface area contributed by atoms with Gasteiger partial charge in [-0.1, -0.05) is 0 Å². The summed E-state index contributed by atoms with van der Waals surface area (Å²) in [5, 5.41) is 35.0. The normalized spacial score (nSPS) is 38.6.